The first-order chi connectivity index (χ1) is 36.5. The zero-order valence-corrected chi connectivity index (χ0v) is 49.6. The number of allylic oxidation sites excluding steroid dienone is 7. The fraction of sp³-hybridized carbons (Fsp3) is 0.853. The highest BCUT2D eigenvalue weighted by Gasteiger charge is 2.18. The Kier molecular flexibility index (Phi) is 61.5. The van der Waals surface area contributed by atoms with E-state index in [1.807, 2.05) is 6.08 Å². The quantitative estimate of drug-likeness (QED) is 0.0320. The van der Waals surface area contributed by atoms with Gasteiger partial charge in [0.25, 0.3) is 0 Å². The molecule has 434 valence electrons. The van der Waals surface area contributed by atoms with Crippen LogP contribution >= 0.6 is 0 Å². The SMILES string of the molecule is CCCCC/C=C\C/C=C\CCCCCCCCCC(=O)OCCCCCCCCCCCCCC/C=C\CCCCCCCCCCCC(=O)NC(CO)C(O)/C=C/CCCCCCCCCCCCCCC. The number of aliphatic hydroxyl groups is 2. The molecule has 0 radical (unpaired) electrons. The van der Waals surface area contributed by atoms with Gasteiger partial charge in [-0.15, -0.1) is 0 Å². The average molecular weight is 1040 g/mol. The number of esters is 1. The summed E-state index contributed by atoms with van der Waals surface area (Å²) in [5.74, 6) is -0.0650. The van der Waals surface area contributed by atoms with Crippen LogP contribution in [0.5, 0.6) is 0 Å². The van der Waals surface area contributed by atoms with Gasteiger partial charge in [-0.2, -0.15) is 0 Å². The molecule has 0 aromatic heterocycles. The number of nitrogens with one attached hydrogen (secondary N) is 1. The van der Waals surface area contributed by atoms with Gasteiger partial charge in [-0.1, -0.05) is 294 Å². The summed E-state index contributed by atoms with van der Waals surface area (Å²) in [5, 5.41) is 23.1. The van der Waals surface area contributed by atoms with E-state index in [1.54, 1.807) is 6.08 Å². The Morgan fingerprint density at radius 2 is 0.676 bits per heavy atom. The third kappa shape index (κ3) is 59.1. The Balaban J connectivity index is 3.41. The predicted octanol–water partition coefficient (Wildman–Crippen LogP) is 20.9. The van der Waals surface area contributed by atoms with Crippen LogP contribution in [-0.2, 0) is 14.3 Å². The summed E-state index contributed by atoms with van der Waals surface area (Å²) in [5.41, 5.74) is 0. The van der Waals surface area contributed by atoms with E-state index in [0.717, 1.165) is 51.4 Å². The van der Waals surface area contributed by atoms with E-state index in [2.05, 4.69) is 55.6 Å². The number of aliphatic hydroxyl groups excluding tert-OH is 2. The van der Waals surface area contributed by atoms with Crippen LogP contribution in [-0.4, -0.2) is 47.4 Å². The molecule has 3 N–H and O–H groups in total. The van der Waals surface area contributed by atoms with Crippen molar-refractivity contribution in [2.75, 3.05) is 13.2 Å². The third-order valence-corrected chi connectivity index (χ3v) is 15.1. The second-order valence-electron chi connectivity index (χ2n) is 22.4. The molecule has 74 heavy (non-hydrogen) atoms. The van der Waals surface area contributed by atoms with E-state index < -0.39 is 12.1 Å². The molecule has 0 fully saturated rings. The van der Waals surface area contributed by atoms with Crippen molar-refractivity contribution in [1.29, 1.82) is 0 Å². The Morgan fingerprint density at radius 3 is 1.07 bits per heavy atom. The van der Waals surface area contributed by atoms with Crippen molar-refractivity contribution < 1.29 is 24.5 Å². The van der Waals surface area contributed by atoms with Crippen molar-refractivity contribution in [3.8, 4) is 0 Å². The molecule has 0 aromatic rings. The molecule has 0 rings (SSSR count). The van der Waals surface area contributed by atoms with Gasteiger partial charge in [0.15, 0.2) is 0 Å². The number of unbranched alkanes of at least 4 members (excludes halogenated alkanes) is 44. The van der Waals surface area contributed by atoms with Crippen LogP contribution in [0.25, 0.3) is 0 Å². The monoisotopic (exact) mass is 1040 g/mol. The van der Waals surface area contributed by atoms with Crippen molar-refractivity contribution in [3.63, 3.8) is 0 Å². The number of hydrogen-bond acceptors (Lipinski definition) is 5. The predicted molar refractivity (Wildman–Crippen MR) is 324 cm³/mol. The molecular weight excluding hydrogens is 911 g/mol. The van der Waals surface area contributed by atoms with Gasteiger partial charge in [0, 0.05) is 12.8 Å². The van der Waals surface area contributed by atoms with Crippen LogP contribution in [0.1, 0.15) is 348 Å². The third-order valence-electron chi connectivity index (χ3n) is 15.1. The summed E-state index contributed by atoms with van der Waals surface area (Å²) in [6, 6.07) is -0.631. The van der Waals surface area contributed by atoms with Crippen molar-refractivity contribution in [2.24, 2.45) is 0 Å². The lowest BCUT2D eigenvalue weighted by Gasteiger charge is -2.20. The van der Waals surface area contributed by atoms with Crippen LogP contribution in [0, 0.1) is 0 Å². The summed E-state index contributed by atoms with van der Waals surface area (Å²) in [6.45, 7) is 4.89. The Morgan fingerprint density at radius 1 is 0.378 bits per heavy atom. The van der Waals surface area contributed by atoms with Crippen LogP contribution < -0.4 is 5.32 Å². The maximum Gasteiger partial charge on any atom is 0.305 e. The van der Waals surface area contributed by atoms with Crippen molar-refractivity contribution >= 4 is 11.9 Å². The fourth-order valence-corrected chi connectivity index (χ4v) is 10.0. The molecule has 0 aliphatic heterocycles. The molecule has 6 nitrogen and oxygen atoms in total. The van der Waals surface area contributed by atoms with E-state index in [9.17, 15) is 19.8 Å². The minimum atomic E-state index is -0.847. The fourth-order valence-electron chi connectivity index (χ4n) is 10.0. The first-order valence-corrected chi connectivity index (χ1v) is 32.9. The smallest absolute Gasteiger partial charge is 0.305 e. The number of amides is 1. The van der Waals surface area contributed by atoms with Gasteiger partial charge in [0.2, 0.25) is 5.91 Å². The van der Waals surface area contributed by atoms with E-state index in [4.69, 9.17) is 4.74 Å². The molecule has 6 heteroatoms. The van der Waals surface area contributed by atoms with E-state index in [-0.39, 0.29) is 18.5 Å². The molecule has 0 spiro atoms. The van der Waals surface area contributed by atoms with Gasteiger partial charge in [-0.05, 0) is 89.9 Å². The lowest BCUT2D eigenvalue weighted by molar-refractivity contribution is -0.143. The minimum Gasteiger partial charge on any atom is -0.466 e. The number of carbonyl (C=O) groups is 2. The molecule has 2 atom stereocenters. The van der Waals surface area contributed by atoms with Gasteiger partial charge in [-0.3, -0.25) is 9.59 Å². The van der Waals surface area contributed by atoms with Crippen molar-refractivity contribution in [2.45, 2.75) is 360 Å². The number of carbonyl (C=O) groups excluding carboxylic acids is 2. The molecule has 0 aliphatic carbocycles. The summed E-state index contributed by atoms with van der Waals surface area (Å²) in [6.07, 6.45) is 81.6. The second kappa shape index (κ2) is 63.4. The van der Waals surface area contributed by atoms with Crippen LogP contribution in [0.3, 0.4) is 0 Å². The van der Waals surface area contributed by atoms with Crippen LogP contribution in [0.4, 0.5) is 0 Å². The van der Waals surface area contributed by atoms with E-state index >= 15 is 0 Å². The van der Waals surface area contributed by atoms with Crippen molar-refractivity contribution in [3.05, 3.63) is 48.6 Å². The topological polar surface area (TPSA) is 95.9 Å². The normalized spacial score (nSPS) is 12.9. The second-order valence-corrected chi connectivity index (χ2v) is 22.4. The van der Waals surface area contributed by atoms with Crippen LogP contribution in [0.15, 0.2) is 48.6 Å². The van der Waals surface area contributed by atoms with Gasteiger partial charge in [0.05, 0.1) is 25.4 Å². The Bertz CT molecular complexity index is 1240. The number of ether oxygens (including phenoxy) is 1. The summed E-state index contributed by atoms with van der Waals surface area (Å²) >= 11 is 0. The molecule has 0 aromatic carbocycles. The average Bonchev–Trinajstić information content (AvgIpc) is 3.40. The van der Waals surface area contributed by atoms with E-state index in [0.29, 0.717) is 19.4 Å². The first kappa shape index (κ1) is 71.8. The molecule has 2 unspecified atom stereocenters. The number of rotatable bonds is 61. The zero-order chi connectivity index (χ0) is 53.6. The van der Waals surface area contributed by atoms with Gasteiger partial charge >= 0.3 is 5.97 Å². The van der Waals surface area contributed by atoms with Gasteiger partial charge in [0.1, 0.15) is 0 Å². The molecular formula is C68H127NO5. The molecule has 1 amide bonds. The first-order valence-electron chi connectivity index (χ1n) is 32.9. The maximum atomic E-state index is 12.5. The summed E-state index contributed by atoms with van der Waals surface area (Å²) in [7, 11) is 0. The summed E-state index contributed by atoms with van der Waals surface area (Å²) < 4.78 is 5.49. The molecule has 0 saturated heterocycles. The number of hydrogen-bond donors (Lipinski definition) is 3. The molecule has 0 saturated carbocycles. The largest absolute Gasteiger partial charge is 0.466 e. The summed E-state index contributed by atoms with van der Waals surface area (Å²) in [4.78, 5) is 24.6. The maximum absolute atomic E-state index is 12.5. The van der Waals surface area contributed by atoms with Gasteiger partial charge in [-0.25, -0.2) is 0 Å². The van der Waals surface area contributed by atoms with Crippen molar-refractivity contribution in [1.82, 2.24) is 5.32 Å². The highest BCUT2D eigenvalue weighted by atomic mass is 16.5. The van der Waals surface area contributed by atoms with Gasteiger partial charge < -0.3 is 20.3 Å². The standard InChI is InChI=1S/C68H127NO5/c1-3-5-7-9-11-13-15-17-19-29-34-38-42-46-50-54-58-62-68(73)74-63-59-55-51-47-43-39-35-31-28-26-24-22-20-21-23-25-27-30-33-37-41-45-49-53-57-61-67(72)69-65(64-70)66(71)60-56-52-48-44-40-36-32-18-16-14-12-10-8-6-4-2/h11,13,17,19,21,23,56,60,65-66,70-71H,3-10,12,14-16,18,20,22,24-55,57-59,61-64H2,1-2H3,(H,69,72)/b13-11-,19-17-,23-21-,60-56+. The Hall–Kier alpha value is -2.18. The minimum absolute atomic E-state index is 0.00514. The Labute approximate surface area is 461 Å². The van der Waals surface area contributed by atoms with E-state index in [1.165, 1.54) is 270 Å². The molecule has 0 aliphatic rings. The highest BCUT2D eigenvalue weighted by molar-refractivity contribution is 5.76. The molecule has 0 heterocycles. The highest BCUT2D eigenvalue weighted by Crippen LogP contribution is 2.17. The van der Waals surface area contributed by atoms with Crippen LogP contribution in [0.2, 0.25) is 0 Å². The lowest BCUT2D eigenvalue weighted by atomic mass is 10.0. The molecule has 0 bridgehead atoms. The lowest BCUT2D eigenvalue weighted by Crippen LogP contribution is -2.45. The zero-order valence-electron chi connectivity index (χ0n) is 49.6.